The van der Waals surface area contributed by atoms with Gasteiger partial charge in [-0.2, -0.15) is 0 Å². The van der Waals surface area contributed by atoms with Gasteiger partial charge in [-0.15, -0.1) is 11.3 Å². The van der Waals surface area contributed by atoms with Gasteiger partial charge in [0.25, 0.3) is 5.91 Å². The second kappa shape index (κ2) is 5.82. The molecule has 1 aromatic heterocycles. The van der Waals surface area contributed by atoms with Crippen molar-refractivity contribution in [2.24, 2.45) is 0 Å². The van der Waals surface area contributed by atoms with E-state index in [-0.39, 0.29) is 30.4 Å². The maximum absolute atomic E-state index is 12.3. The molecule has 1 aliphatic heterocycles. The summed E-state index contributed by atoms with van der Waals surface area (Å²) in [5, 5.41) is 10.5. The zero-order valence-corrected chi connectivity index (χ0v) is 13.5. The van der Waals surface area contributed by atoms with E-state index in [1.165, 1.54) is 16.2 Å². The number of carbonyl (C=O) groups is 2. The van der Waals surface area contributed by atoms with Crippen molar-refractivity contribution in [2.75, 3.05) is 18.1 Å². The number of halogens is 1. The minimum Gasteiger partial charge on any atom is -0.481 e. The number of sulfone groups is 1. The molecule has 9 heteroatoms. The smallest absolute Gasteiger partial charge is 0.305 e. The molecule has 1 amide bonds. The molecule has 1 atom stereocenters. The van der Waals surface area contributed by atoms with Crippen molar-refractivity contribution in [3.63, 3.8) is 0 Å². The first-order valence-corrected chi connectivity index (χ1v) is 9.25. The summed E-state index contributed by atoms with van der Waals surface area (Å²) >= 11 is 4.60. The normalized spacial score (nSPS) is 21.6. The Labute approximate surface area is 128 Å². The van der Waals surface area contributed by atoms with Crippen molar-refractivity contribution in [1.82, 2.24) is 4.90 Å². The van der Waals surface area contributed by atoms with E-state index >= 15 is 0 Å². The Kier molecular flexibility index (Phi) is 4.50. The number of carboxylic acids is 1. The molecule has 2 rings (SSSR count). The van der Waals surface area contributed by atoms with Crippen LogP contribution in [0.25, 0.3) is 0 Å². The summed E-state index contributed by atoms with van der Waals surface area (Å²) in [4.78, 5) is 24.5. The Morgan fingerprint density at radius 2 is 2.20 bits per heavy atom. The van der Waals surface area contributed by atoms with Crippen LogP contribution in [0, 0.1) is 0 Å². The molecule has 1 unspecified atom stereocenters. The molecular weight excluding hydrogens is 370 g/mol. The van der Waals surface area contributed by atoms with Crippen LogP contribution in [0.2, 0.25) is 0 Å². The maximum atomic E-state index is 12.3. The standard InChI is InChI=1S/C11H12BrNO5S2/c12-9-3-7(5-19-9)11(16)13-1-2-20(17,18)6-8(13)4-10(14)15/h3,5,8H,1-2,4,6H2,(H,14,15). The Morgan fingerprint density at radius 1 is 1.50 bits per heavy atom. The number of nitrogens with zero attached hydrogens (tertiary/aromatic N) is 1. The lowest BCUT2D eigenvalue weighted by atomic mass is 10.1. The molecule has 0 aliphatic carbocycles. The number of thiophene rings is 1. The molecule has 0 bridgehead atoms. The molecule has 1 aromatic rings. The maximum Gasteiger partial charge on any atom is 0.305 e. The first-order chi connectivity index (χ1) is 9.28. The van der Waals surface area contributed by atoms with Crippen molar-refractivity contribution >= 4 is 49.0 Å². The highest BCUT2D eigenvalue weighted by molar-refractivity contribution is 9.11. The summed E-state index contributed by atoms with van der Waals surface area (Å²) in [6.45, 7) is 0.0343. The topological polar surface area (TPSA) is 91.8 Å². The number of amides is 1. The van der Waals surface area contributed by atoms with Crippen molar-refractivity contribution in [3.05, 3.63) is 20.8 Å². The summed E-state index contributed by atoms with van der Waals surface area (Å²) in [5.41, 5.74) is 0.441. The SMILES string of the molecule is O=C(O)CC1CS(=O)(=O)CCN1C(=O)c1csc(Br)c1. The Bertz CT molecular complexity index is 639. The molecule has 0 saturated carbocycles. The van der Waals surface area contributed by atoms with Gasteiger partial charge in [0.05, 0.1) is 33.3 Å². The molecule has 1 aliphatic rings. The molecule has 1 saturated heterocycles. The van der Waals surface area contributed by atoms with Crippen LogP contribution in [0.15, 0.2) is 15.2 Å². The highest BCUT2D eigenvalue weighted by Crippen LogP contribution is 2.24. The second-order valence-electron chi connectivity index (χ2n) is 4.50. The van der Waals surface area contributed by atoms with Crippen LogP contribution in [0.5, 0.6) is 0 Å². The molecule has 0 spiro atoms. The quantitative estimate of drug-likeness (QED) is 0.849. The Hall–Kier alpha value is -0.930. The monoisotopic (exact) mass is 381 g/mol. The van der Waals surface area contributed by atoms with E-state index in [1.807, 2.05) is 0 Å². The highest BCUT2D eigenvalue weighted by atomic mass is 79.9. The summed E-state index contributed by atoms with van der Waals surface area (Å²) in [5.74, 6) is -1.86. The molecule has 110 valence electrons. The fourth-order valence-electron chi connectivity index (χ4n) is 2.11. The number of rotatable bonds is 3. The largest absolute Gasteiger partial charge is 0.481 e. The van der Waals surface area contributed by atoms with E-state index in [2.05, 4.69) is 15.9 Å². The van der Waals surface area contributed by atoms with Gasteiger partial charge in [0.1, 0.15) is 0 Å². The predicted octanol–water partition coefficient (Wildman–Crippen LogP) is 1.22. The number of carboxylic acid groups (broad SMARTS) is 1. The van der Waals surface area contributed by atoms with E-state index in [0.717, 1.165) is 3.79 Å². The molecule has 2 heterocycles. The van der Waals surface area contributed by atoms with Crippen LogP contribution in [-0.4, -0.2) is 54.4 Å². The van der Waals surface area contributed by atoms with Gasteiger partial charge >= 0.3 is 5.97 Å². The third-order valence-corrected chi connectivity index (χ3v) is 6.22. The lowest BCUT2D eigenvalue weighted by Gasteiger charge is -2.34. The van der Waals surface area contributed by atoms with Gasteiger partial charge in [0, 0.05) is 11.9 Å². The molecule has 1 N–H and O–H groups in total. The van der Waals surface area contributed by atoms with Gasteiger partial charge in [0.15, 0.2) is 9.84 Å². The van der Waals surface area contributed by atoms with Crippen LogP contribution in [-0.2, 0) is 14.6 Å². The molecule has 0 radical (unpaired) electrons. The van der Waals surface area contributed by atoms with Gasteiger partial charge in [0.2, 0.25) is 0 Å². The van der Waals surface area contributed by atoms with Crippen molar-refractivity contribution in [1.29, 1.82) is 0 Å². The van der Waals surface area contributed by atoms with Gasteiger partial charge < -0.3 is 10.0 Å². The van der Waals surface area contributed by atoms with Gasteiger partial charge in [-0.05, 0) is 22.0 Å². The lowest BCUT2D eigenvalue weighted by molar-refractivity contribution is -0.138. The molecule has 1 fully saturated rings. The van der Waals surface area contributed by atoms with E-state index in [0.29, 0.717) is 5.56 Å². The van der Waals surface area contributed by atoms with Gasteiger partial charge in [-0.1, -0.05) is 0 Å². The number of aliphatic carboxylic acids is 1. The first kappa shape index (κ1) is 15.5. The van der Waals surface area contributed by atoms with Gasteiger partial charge in [-0.25, -0.2) is 8.42 Å². The van der Waals surface area contributed by atoms with E-state index in [4.69, 9.17) is 5.11 Å². The number of hydrogen-bond acceptors (Lipinski definition) is 5. The van der Waals surface area contributed by atoms with Crippen LogP contribution < -0.4 is 0 Å². The lowest BCUT2D eigenvalue weighted by Crippen LogP contribution is -2.51. The van der Waals surface area contributed by atoms with Crippen LogP contribution >= 0.6 is 27.3 Å². The summed E-state index contributed by atoms with van der Waals surface area (Å²) in [7, 11) is -3.28. The van der Waals surface area contributed by atoms with Crippen LogP contribution in [0.1, 0.15) is 16.8 Å². The zero-order chi connectivity index (χ0) is 14.9. The molecular formula is C11H12BrNO5S2. The zero-order valence-electron chi connectivity index (χ0n) is 10.3. The summed E-state index contributed by atoms with van der Waals surface area (Å²) in [6, 6.07) is 0.839. The van der Waals surface area contributed by atoms with E-state index in [9.17, 15) is 18.0 Å². The third-order valence-electron chi connectivity index (χ3n) is 3.02. The predicted molar refractivity (Wildman–Crippen MR) is 77.8 cm³/mol. The number of carbonyl (C=O) groups excluding carboxylic acids is 1. The summed E-state index contributed by atoms with van der Waals surface area (Å²) in [6.07, 6.45) is -0.365. The van der Waals surface area contributed by atoms with Crippen LogP contribution in [0.4, 0.5) is 0 Å². The van der Waals surface area contributed by atoms with Crippen LogP contribution in [0.3, 0.4) is 0 Å². The molecule has 20 heavy (non-hydrogen) atoms. The fourth-order valence-corrected chi connectivity index (χ4v) is 4.77. The summed E-state index contributed by atoms with van der Waals surface area (Å²) < 4.78 is 24.0. The average Bonchev–Trinajstić information content (AvgIpc) is 2.73. The molecule has 6 nitrogen and oxygen atoms in total. The Balaban J connectivity index is 2.23. The van der Waals surface area contributed by atoms with Crippen molar-refractivity contribution < 1.29 is 23.1 Å². The van der Waals surface area contributed by atoms with E-state index < -0.39 is 21.8 Å². The van der Waals surface area contributed by atoms with Crippen molar-refractivity contribution in [3.8, 4) is 0 Å². The minimum atomic E-state index is -3.28. The minimum absolute atomic E-state index is 0.0343. The first-order valence-electron chi connectivity index (χ1n) is 5.76. The second-order valence-corrected chi connectivity index (χ2v) is 9.02. The molecule has 0 aromatic carbocycles. The fraction of sp³-hybridized carbons (Fsp3) is 0.455. The number of hydrogen-bond donors (Lipinski definition) is 1. The van der Waals surface area contributed by atoms with Gasteiger partial charge in [-0.3, -0.25) is 9.59 Å². The van der Waals surface area contributed by atoms with Crippen molar-refractivity contribution in [2.45, 2.75) is 12.5 Å². The van der Waals surface area contributed by atoms with E-state index in [1.54, 1.807) is 11.4 Å². The highest BCUT2D eigenvalue weighted by Gasteiger charge is 2.35. The average molecular weight is 382 g/mol. The third kappa shape index (κ3) is 3.58. The Morgan fingerprint density at radius 3 is 2.75 bits per heavy atom.